The van der Waals surface area contributed by atoms with Crippen molar-refractivity contribution in [1.29, 1.82) is 0 Å². The Balaban J connectivity index is 1.47. The molecule has 4 rings (SSSR count). The predicted molar refractivity (Wildman–Crippen MR) is 111 cm³/mol. The predicted octanol–water partition coefficient (Wildman–Crippen LogP) is 0.626. The first-order chi connectivity index (χ1) is 15.4. The molecule has 32 heavy (non-hydrogen) atoms. The summed E-state index contributed by atoms with van der Waals surface area (Å²) < 4.78 is 19.5. The van der Waals surface area contributed by atoms with Crippen molar-refractivity contribution in [1.82, 2.24) is 28.8 Å². The van der Waals surface area contributed by atoms with Crippen molar-refractivity contribution in [2.24, 2.45) is 14.1 Å². The highest BCUT2D eigenvalue weighted by molar-refractivity contribution is 5.75. The van der Waals surface area contributed by atoms with Gasteiger partial charge in [0.05, 0.1) is 18.5 Å². The lowest BCUT2D eigenvalue weighted by molar-refractivity contribution is -0.146. The van der Waals surface area contributed by atoms with Gasteiger partial charge in [-0.3, -0.25) is 18.7 Å². The van der Waals surface area contributed by atoms with Crippen LogP contribution in [0.2, 0.25) is 0 Å². The van der Waals surface area contributed by atoms with Crippen LogP contribution in [-0.4, -0.2) is 41.4 Å². The summed E-state index contributed by atoms with van der Waals surface area (Å²) in [5, 5.41) is 3.91. The second kappa shape index (κ2) is 8.49. The molecule has 0 saturated heterocycles. The minimum Gasteiger partial charge on any atom is -0.493 e. The molecule has 166 valence electrons. The maximum atomic E-state index is 12.4. The summed E-state index contributed by atoms with van der Waals surface area (Å²) in [5.74, 6) is 0.385. The van der Waals surface area contributed by atoms with E-state index in [2.05, 4.69) is 15.1 Å². The van der Waals surface area contributed by atoms with E-state index < -0.39 is 17.2 Å². The molecule has 0 aliphatic heterocycles. The van der Waals surface area contributed by atoms with E-state index in [1.54, 1.807) is 12.1 Å². The van der Waals surface area contributed by atoms with Gasteiger partial charge in [0.25, 0.3) is 11.4 Å². The molecule has 12 heteroatoms. The van der Waals surface area contributed by atoms with E-state index in [1.165, 1.54) is 29.6 Å². The maximum absolute atomic E-state index is 12.4. The smallest absolute Gasteiger partial charge is 0.332 e. The van der Waals surface area contributed by atoms with Crippen LogP contribution in [-0.2, 0) is 36.8 Å². The summed E-state index contributed by atoms with van der Waals surface area (Å²) in [6.07, 6.45) is 1.31. The highest BCUT2D eigenvalue weighted by Crippen LogP contribution is 2.27. The molecule has 12 nitrogen and oxygen atoms in total. The number of hydrogen-bond acceptors (Lipinski definition) is 9. The van der Waals surface area contributed by atoms with Gasteiger partial charge < -0.3 is 18.6 Å². The Hall–Kier alpha value is -4.22. The molecule has 0 atom stereocenters. The number of imidazole rings is 1. The number of carbonyl (C=O) groups excluding carboxylic acids is 1. The minimum absolute atomic E-state index is 0.105. The molecule has 0 aliphatic rings. The molecule has 0 fully saturated rings. The molecule has 0 unspecified atom stereocenters. The standard InChI is InChI=1S/C20H20N6O6/c1-4-30-13-8-6-5-7-12(13)17-22-14(32-23-17)10-31-15(27)9-26-11-21-18-16(26)19(28)25(3)20(29)24(18)2/h5-8,11H,4,9-10H2,1-3H3. The van der Waals surface area contributed by atoms with Gasteiger partial charge in [-0.25, -0.2) is 9.78 Å². The molecule has 0 saturated carbocycles. The Bertz CT molecular complexity index is 1410. The summed E-state index contributed by atoms with van der Waals surface area (Å²) in [4.78, 5) is 45.1. The highest BCUT2D eigenvalue weighted by Gasteiger charge is 2.18. The molecule has 0 aliphatic carbocycles. The van der Waals surface area contributed by atoms with Crippen molar-refractivity contribution in [3.63, 3.8) is 0 Å². The fourth-order valence-corrected chi connectivity index (χ4v) is 3.20. The van der Waals surface area contributed by atoms with Gasteiger partial charge in [-0.2, -0.15) is 4.98 Å². The van der Waals surface area contributed by atoms with Gasteiger partial charge in [0.2, 0.25) is 5.82 Å². The average Bonchev–Trinajstić information content (AvgIpc) is 3.43. The fourth-order valence-electron chi connectivity index (χ4n) is 3.20. The summed E-state index contributed by atoms with van der Waals surface area (Å²) >= 11 is 0. The zero-order chi connectivity index (χ0) is 22.8. The normalized spacial score (nSPS) is 11.1. The zero-order valence-corrected chi connectivity index (χ0v) is 17.6. The van der Waals surface area contributed by atoms with Crippen LogP contribution in [0.3, 0.4) is 0 Å². The molecule has 4 aromatic rings. The average molecular weight is 440 g/mol. The van der Waals surface area contributed by atoms with Crippen molar-refractivity contribution in [2.45, 2.75) is 20.1 Å². The fraction of sp³-hybridized carbons (Fsp3) is 0.300. The second-order valence-electron chi connectivity index (χ2n) is 6.85. The first kappa shape index (κ1) is 21.0. The molecular formula is C20H20N6O6. The molecule has 0 spiro atoms. The molecule has 3 aromatic heterocycles. The van der Waals surface area contributed by atoms with E-state index in [-0.39, 0.29) is 30.2 Å². The summed E-state index contributed by atoms with van der Waals surface area (Å²) in [7, 11) is 2.85. The Morgan fingerprint density at radius 3 is 2.72 bits per heavy atom. The summed E-state index contributed by atoms with van der Waals surface area (Å²) in [5.41, 5.74) is -0.0991. The summed E-state index contributed by atoms with van der Waals surface area (Å²) in [6.45, 7) is 1.83. The van der Waals surface area contributed by atoms with Gasteiger partial charge in [0, 0.05) is 14.1 Å². The van der Waals surface area contributed by atoms with Crippen molar-refractivity contribution in [3.8, 4) is 17.1 Å². The van der Waals surface area contributed by atoms with Gasteiger partial charge in [-0.15, -0.1) is 0 Å². The molecular weight excluding hydrogens is 420 g/mol. The zero-order valence-electron chi connectivity index (χ0n) is 17.6. The van der Waals surface area contributed by atoms with Gasteiger partial charge in [-0.05, 0) is 19.1 Å². The monoisotopic (exact) mass is 440 g/mol. The van der Waals surface area contributed by atoms with Crippen LogP contribution >= 0.6 is 0 Å². The Morgan fingerprint density at radius 1 is 1.16 bits per heavy atom. The minimum atomic E-state index is -0.644. The lowest BCUT2D eigenvalue weighted by Crippen LogP contribution is -2.37. The topological polar surface area (TPSA) is 136 Å². The van der Waals surface area contributed by atoms with Crippen LogP contribution in [0, 0.1) is 0 Å². The van der Waals surface area contributed by atoms with Crippen LogP contribution in [0.5, 0.6) is 5.75 Å². The van der Waals surface area contributed by atoms with E-state index >= 15 is 0 Å². The molecule has 0 amide bonds. The third kappa shape index (κ3) is 3.77. The molecule has 0 radical (unpaired) electrons. The van der Waals surface area contributed by atoms with E-state index in [4.69, 9.17) is 14.0 Å². The SMILES string of the molecule is CCOc1ccccc1-c1noc(COC(=O)Cn2cnc3c2c(=O)n(C)c(=O)n3C)n1. The van der Waals surface area contributed by atoms with E-state index in [0.717, 1.165) is 4.57 Å². The number of fused-ring (bicyclic) bond motifs is 1. The van der Waals surface area contributed by atoms with Gasteiger partial charge in [0.1, 0.15) is 12.3 Å². The third-order valence-electron chi connectivity index (χ3n) is 4.77. The van der Waals surface area contributed by atoms with Gasteiger partial charge in [-0.1, -0.05) is 17.3 Å². The largest absolute Gasteiger partial charge is 0.493 e. The van der Waals surface area contributed by atoms with Crippen LogP contribution in [0.4, 0.5) is 0 Å². The lowest BCUT2D eigenvalue weighted by Gasteiger charge is -2.06. The number of para-hydroxylation sites is 1. The van der Waals surface area contributed by atoms with Crippen LogP contribution < -0.4 is 16.0 Å². The maximum Gasteiger partial charge on any atom is 0.332 e. The number of hydrogen-bond donors (Lipinski definition) is 0. The van der Waals surface area contributed by atoms with Crippen molar-refractivity contribution in [3.05, 3.63) is 57.3 Å². The first-order valence-electron chi connectivity index (χ1n) is 9.72. The van der Waals surface area contributed by atoms with Crippen LogP contribution in [0.15, 0.2) is 44.7 Å². The number of aryl methyl sites for hydroxylation is 1. The number of aromatic nitrogens is 6. The Kier molecular flexibility index (Phi) is 5.58. The number of rotatable bonds is 7. The van der Waals surface area contributed by atoms with Crippen molar-refractivity contribution in [2.75, 3.05) is 6.61 Å². The molecule has 0 N–H and O–H groups in total. The Morgan fingerprint density at radius 2 is 1.94 bits per heavy atom. The Labute approximate surface area is 180 Å². The van der Waals surface area contributed by atoms with E-state index in [9.17, 15) is 14.4 Å². The molecule has 3 heterocycles. The van der Waals surface area contributed by atoms with E-state index in [0.29, 0.717) is 23.7 Å². The highest BCUT2D eigenvalue weighted by atomic mass is 16.6. The van der Waals surface area contributed by atoms with E-state index in [1.807, 2.05) is 19.1 Å². The summed E-state index contributed by atoms with van der Waals surface area (Å²) in [6, 6.07) is 7.25. The van der Waals surface area contributed by atoms with Crippen molar-refractivity contribution < 1.29 is 18.8 Å². The van der Waals surface area contributed by atoms with Gasteiger partial charge in [0.15, 0.2) is 17.8 Å². The van der Waals surface area contributed by atoms with Crippen LogP contribution in [0.25, 0.3) is 22.6 Å². The molecule has 1 aromatic carbocycles. The van der Waals surface area contributed by atoms with Crippen LogP contribution in [0.1, 0.15) is 12.8 Å². The quantitative estimate of drug-likeness (QED) is 0.379. The van der Waals surface area contributed by atoms with Gasteiger partial charge >= 0.3 is 11.7 Å². The first-order valence-corrected chi connectivity index (χ1v) is 9.72. The number of esters is 1. The lowest BCUT2D eigenvalue weighted by atomic mass is 10.2. The van der Waals surface area contributed by atoms with Crippen molar-refractivity contribution >= 4 is 17.1 Å². The third-order valence-corrected chi connectivity index (χ3v) is 4.77. The number of carbonyl (C=O) groups is 1. The number of nitrogens with zero attached hydrogens (tertiary/aromatic N) is 6. The molecule has 0 bridgehead atoms. The number of ether oxygens (including phenoxy) is 2. The second-order valence-corrected chi connectivity index (χ2v) is 6.85. The number of benzene rings is 1.